The molecule has 3 rings (SSSR count). The molecule has 0 aromatic heterocycles. The Morgan fingerprint density at radius 1 is 0.974 bits per heavy atom. The van der Waals surface area contributed by atoms with Crippen molar-refractivity contribution in [3.8, 4) is 0 Å². The Bertz CT molecular complexity index is 1340. The molecule has 10 heteroatoms. The van der Waals surface area contributed by atoms with E-state index < -0.39 is 28.5 Å². The Balaban J connectivity index is 2.03. The number of hydrogen-bond acceptors (Lipinski definition) is 4. The molecular weight excluding hydrogens is 637 g/mol. The normalized spacial score (nSPS) is 12.0. The largest absolute Gasteiger partial charge is 0.354 e. The monoisotopic (exact) mass is 667 g/mol. The molecule has 0 fully saturated rings. The number of halogens is 2. The smallest absolute Gasteiger partial charge is 0.244 e. The van der Waals surface area contributed by atoms with Crippen molar-refractivity contribution in [1.29, 1.82) is 0 Å². The summed E-state index contributed by atoms with van der Waals surface area (Å²) in [5, 5.41) is 3.42. The Hall–Kier alpha value is -2.63. The number of carbonyl (C=O) groups excluding carboxylic acids is 2. The molecule has 0 saturated heterocycles. The molecule has 0 unspecified atom stereocenters. The van der Waals surface area contributed by atoms with Gasteiger partial charge in [0, 0.05) is 28.1 Å². The van der Waals surface area contributed by atoms with Crippen LogP contribution < -0.4 is 9.62 Å². The highest BCUT2D eigenvalue weighted by Gasteiger charge is 2.33. The molecule has 0 heterocycles. The topological polar surface area (TPSA) is 86.8 Å². The summed E-state index contributed by atoms with van der Waals surface area (Å²) >= 11 is 8.35. The minimum atomic E-state index is -3.80. The summed E-state index contributed by atoms with van der Waals surface area (Å²) in [4.78, 5) is 28.8. The summed E-state index contributed by atoms with van der Waals surface area (Å²) in [5.74, 6) is -0.798. The third-order valence-electron chi connectivity index (χ3n) is 5.86. The fourth-order valence-corrected chi connectivity index (χ4v) is 5.40. The average molecular weight is 668 g/mol. The minimum absolute atomic E-state index is 0.0841. The van der Waals surface area contributed by atoms with Gasteiger partial charge in [0.1, 0.15) is 12.6 Å². The van der Waals surface area contributed by atoms with Gasteiger partial charge in [-0.1, -0.05) is 61.0 Å². The first kappa shape index (κ1) is 29.9. The van der Waals surface area contributed by atoms with E-state index in [1.165, 1.54) is 4.90 Å². The molecule has 1 atom stereocenters. The standard InChI is InChI=1S/C28H31ClIN3O4S/c1-3-16-31-28(35)26(18-21-8-5-4-6-9-21)32(19-22-10-7-11-23(29)17-22)27(34)20-33(38(2,36)37)25-14-12-24(30)13-15-25/h4-15,17,26H,3,16,18-20H2,1-2H3,(H,31,35)/t26-/m1/s1. The minimum Gasteiger partial charge on any atom is -0.354 e. The van der Waals surface area contributed by atoms with Crippen LogP contribution in [0, 0.1) is 3.57 Å². The number of sulfonamides is 1. The van der Waals surface area contributed by atoms with E-state index in [0.717, 1.165) is 31.7 Å². The Morgan fingerprint density at radius 2 is 1.63 bits per heavy atom. The Labute approximate surface area is 243 Å². The van der Waals surface area contributed by atoms with Crippen molar-refractivity contribution < 1.29 is 18.0 Å². The lowest BCUT2D eigenvalue weighted by Crippen LogP contribution is -2.53. The van der Waals surface area contributed by atoms with Gasteiger partial charge in [0.05, 0.1) is 11.9 Å². The molecule has 1 N–H and O–H groups in total. The van der Waals surface area contributed by atoms with Crippen LogP contribution in [-0.4, -0.2) is 50.5 Å². The van der Waals surface area contributed by atoms with E-state index in [1.54, 1.807) is 42.5 Å². The quantitative estimate of drug-likeness (QED) is 0.279. The zero-order valence-electron chi connectivity index (χ0n) is 21.3. The second kappa shape index (κ2) is 14.0. The number of rotatable bonds is 12. The van der Waals surface area contributed by atoms with Gasteiger partial charge < -0.3 is 10.2 Å². The highest BCUT2D eigenvalue weighted by atomic mass is 127. The third-order valence-corrected chi connectivity index (χ3v) is 7.95. The molecule has 0 spiro atoms. The van der Waals surface area contributed by atoms with Gasteiger partial charge in [-0.25, -0.2) is 8.42 Å². The van der Waals surface area contributed by atoms with Crippen LogP contribution in [0.4, 0.5) is 5.69 Å². The van der Waals surface area contributed by atoms with Gasteiger partial charge in [-0.2, -0.15) is 0 Å². The van der Waals surface area contributed by atoms with Gasteiger partial charge in [0.25, 0.3) is 0 Å². The summed E-state index contributed by atoms with van der Waals surface area (Å²) in [5.41, 5.74) is 1.98. The number of benzene rings is 3. The number of nitrogens with zero attached hydrogens (tertiary/aromatic N) is 2. The summed E-state index contributed by atoms with van der Waals surface area (Å²) in [6, 6.07) is 22.5. The molecule has 2 amide bonds. The second-order valence-electron chi connectivity index (χ2n) is 8.89. The van der Waals surface area contributed by atoms with Crippen molar-refractivity contribution in [2.45, 2.75) is 32.4 Å². The van der Waals surface area contributed by atoms with Gasteiger partial charge in [0.2, 0.25) is 21.8 Å². The van der Waals surface area contributed by atoms with E-state index in [0.29, 0.717) is 17.3 Å². The van der Waals surface area contributed by atoms with Crippen molar-refractivity contribution in [1.82, 2.24) is 10.2 Å². The summed E-state index contributed by atoms with van der Waals surface area (Å²) in [7, 11) is -3.80. The molecule has 202 valence electrons. The molecule has 0 saturated carbocycles. The highest BCUT2D eigenvalue weighted by Crippen LogP contribution is 2.22. The van der Waals surface area contributed by atoms with Gasteiger partial charge in [-0.3, -0.25) is 13.9 Å². The fourth-order valence-electron chi connectivity index (χ4n) is 3.97. The summed E-state index contributed by atoms with van der Waals surface area (Å²) in [6.07, 6.45) is 2.07. The number of anilines is 1. The van der Waals surface area contributed by atoms with E-state index in [-0.39, 0.29) is 18.9 Å². The predicted octanol–water partition coefficient (Wildman–Crippen LogP) is 4.88. The van der Waals surface area contributed by atoms with Crippen LogP contribution >= 0.6 is 34.2 Å². The van der Waals surface area contributed by atoms with E-state index in [1.807, 2.05) is 43.3 Å². The molecule has 0 aliphatic heterocycles. The molecular formula is C28H31ClIN3O4S. The van der Waals surface area contributed by atoms with E-state index >= 15 is 0 Å². The Kier molecular flexibility index (Phi) is 11.0. The fraction of sp³-hybridized carbons (Fsp3) is 0.286. The van der Waals surface area contributed by atoms with Gasteiger partial charge in [-0.05, 0) is 76.5 Å². The molecule has 7 nitrogen and oxygen atoms in total. The molecule has 3 aromatic carbocycles. The van der Waals surface area contributed by atoms with Crippen LogP contribution in [0.2, 0.25) is 5.02 Å². The van der Waals surface area contributed by atoms with Gasteiger partial charge in [-0.15, -0.1) is 0 Å². The summed E-state index contributed by atoms with van der Waals surface area (Å²) in [6.45, 7) is 2.04. The number of carbonyl (C=O) groups is 2. The first-order chi connectivity index (χ1) is 18.1. The number of amides is 2. The van der Waals surface area contributed by atoms with Gasteiger partial charge >= 0.3 is 0 Å². The maximum Gasteiger partial charge on any atom is 0.244 e. The lowest BCUT2D eigenvalue weighted by molar-refractivity contribution is -0.140. The molecule has 3 aromatic rings. The van der Waals surface area contributed by atoms with Crippen LogP contribution in [0.3, 0.4) is 0 Å². The maximum absolute atomic E-state index is 13.9. The van der Waals surface area contributed by atoms with E-state index in [4.69, 9.17) is 11.6 Å². The van der Waals surface area contributed by atoms with Crippen molar-refractivity contribution in [2.24, 2.45) is 0 Å². The number of hydrogen-bond donors (Lipinski definition) is 1. The van der Waals surface area contributed by atoms with Crippen molar-refractivity contribution >= 4 is 61.7 Å². The number of nitrogens with one attached hydrogen (secondary N) is 1. The lowest BCUT2D eigenvalue weighted by Gasteiger charge is -2.33. The van der Waals surface area contributed by atoms with Crippen molar-refractivity contribution in [3.05, 3.63) is 98.6 Å². The lowest BCUT2D eigenvalue weighted by atomic mass is 10.0. The molecule has 0 radical (unpaired) electrons. The first-order valence-electron chi connectivity index (χ1n) is 12.2. The van der Waals surface area contributed by atoms with Crippen LogP contribution in [0.25, 0.3) is 0 Å². The van der Waals surface area contributed by atoms with Crippen molar-refractivity contribution in [3.63, 3.8) is 0 Å². The van der Waals surface area contributed by atoms with E-state index in [9.17, 15) is 18.0 Å². The van der Waals surface area contributed by atoms with Crippen LogP contribution in [0.1, 0.15) is 24.5 Å². The van der Waals surface area contributed by atoms with Crippen LogP contribution in [0.15, 0.2) is 78.9 Å². The van der Waals surface area contributed by atoms with E-state index in [2.05, 4.69) is 27.9 Å². The maximum atomic E-state index is 13.9. The van der Waals surface area contributed by atoms with Crippen LogP contribution in [0.5, 0.6) is 0 Å². The summed E-state index contributed by atoms with van der Waals surface area (Å²) < 4.78 is 27.5. The highest BCUT2D eigenvalue weighted by molar-refractivity contribution is 14.1. The third kappa shape index (κ3) is 8.71. The van der Waals surface area contributed by atoms with Gasteiger partial charge in [0.15, 0.2) is 0 Å². The zero-order valence-corrected chi connectivity index (χ0v) is 25.0. The second-order valence-corrected chi connectivity index (χ2v) is 12.5. The molecule has 0 aliphatic rings. The van der Waals surface area contributed by atoms with Crippen LogP contribution in [-0.2, 0) is 32.6 Å². The average Bonchev–Trinajstić information content (AvgIpc) is 2.88. The predicted molar refractivity (Wildman–Crippen MR) is 161 cm³/mol. The molecule has 38 heavy (non-hydrogen) atoms. The SMILES string of the molecule is CCCNC(=O)[C@@H](Cc1ccccc1)N(Cc1cccc(Cl)c1)C(=O)CN(c1ccc(I)cc1)S(C)(=O)=O. The molecule has 0 aliphatic carbocycles. The van der Waals surface area contributed by atoms with Crippen molar-refractivity contribution in [2.75, 3.05) is 23.7 Å². The molecule has 0 bridgehead atoms. The Morgan fingerprint density at radius 3 is 2.24 bits per heavy atom. The zero-order chi connectivity index (χ0) is 27.7. The first-order valence-corrected chi connectivity index (χ1v) is 15.5.